The molecule has 1 unspecified atom stereocenters. The van der Waals surface area contributed by atoms with E-state index in [1.807, 2.05) is 25.1 Å². The Kier molecular flexibility index (Phi) is 7.37. The summed E-state index contributed by atoms with van der Waals surface area (Å²) in [5.41, 5.74) is 2.44. The van der Waals surface area contributed by atoms with Crippen LogP contribution in [-0.4, -0.2) is 33.7 Å². The zero-order valence-electron chi connectivity index (χ0n) is 16.2. The molecule has 0 saturated heterocycles. The fourth-order valence-electron chi connectivity index (χ4n) is 2.55. The van der Waals surface area contributed by atoms with Crippen molar-refractivity contribution in [2.75, 3.05) is 17.2 Å². The minimum absolute atomic E-state index is 0.0373. The van der Waals surface area contributed by atoms with Crippen molar-refractivity contribution in [3.63, 3.8) is 0 Å². The van der Waals surface area contributed by atoms with Crippen LogP contribution < -0.4 is 10.6 Å². The third kappa shape index (κ3) is 6.40. The van der Waals surface area contributed by atoms with Crippen LogP contribution in [0.3, 0.4) is 0 Å². The van der Waals surface area contributed by atoms with E-state index in [4.69, 9.17) is 0 Å². The van der Waals surface area contributed by atoms with Crippen LogP contribution in [0.4, 0.5) is 10.8 Å². The average molecular weight is 427 g/mol. The minimum atomic E-state index is -0.346. The van der Waals surface area contributed by atoms with Gasteiger partial charge in [-0.05, 0) is 38.0 Å². The molecular formula is C21H22N4O2S2. The summed E-state index contributed by atoms with van der Waals surface area (Å²) in [4.78, 5) is 23.9. The Morgan fingerprint density at radius 1 is 1.10 bits per heavy atom. The Morgan fingerprint density at radius 2 is 1.90 bits per heavy atom. The molecule has 0 aliphatic rings. The van der Waals surface area contributed by atoms with Crippen molar-refractivity contribution in [3.8, 4) is 0 Å². The van der Waals surface area contributed by atoms with Crippen LogP contribution in [0.1, 0.15) is 29.8 Å². The van der Waals surface area contributed by atoms with E-state index in [-0.39, 0.29) is 16.9 Å². The zero-order valence-corrected chi connectivity index (χ0v) is 17.8. The molecule has 1 amide bonds. The molecule has 1 aromatic heterocycles. The van der Waals surface area contributed by atoms with Crippen LogP contribution in [0, 0.1) is 0 Å². The normalized spacial score (nSPS) is 11.7. The van der Waals surface area contributed by atoms with E-state index in [9.17, 15) is 9.59 Å². The first-order valence-corrected chi connectivity index (χ1v) is 10.9. The van der Waals surface area contributed by atoms with Crippen LogP contribution in [0.2, 0.25) is 0 Å². The number of carbonyl (C=O) groups is 2. The van der Waals surface area contributed by atoms with E-state index < -0.39 is 0 Å². The summed E-state index contributed by atoms with van der Waals surface area (Å²) < 4.78 is 0.729. The van der Waals surface area contributed by atoms with Crippen LogP contribution in [0.25, 0.3) is 0 Å². The lowest BCUT2D eigenvalue weighted by atomic mass is 10.1. The molecule has 0 fully saturated rings. The number of anilines is 2. The number of ketones is 1. The van der Waals surface area contributed by atoms with E-state index in [1.54, 1.807) is 24.3 Å². The highest BCUT2D eigenvalue weighted by Crippen LogP contribution is 2.29. The number of aromatic nitrogens is 2. The van der Waals surface area contributed by atoms with Crippen molar-refractivity contribution < 1.29 is 9.59 Å². The lowest BCUT2D eigenvalue weighted by Gasteiger charge is -2.10. The highest BCUT2D eigenvalue weighted by atomic mass is 32.2. The second-order valence-corrected chi connectivity index (χ2v) is 8.99. The van der Waals surface area contributed by atoms with Crippen LogP contribution >= 0.6 is 23.1 Å². The van der Waals surface area contributed by atoms with Gasteiger partial charge in [0.2, 0.25) is 11.0 Å². The number of benzene rings is 2. The van der Waals surface area contributed by atoms with Gasteiger partial charge in [-0.25, -0.2) is 0 Å². The summed E-state index contributed by atoms with van der Waals surface area (Å²) >= 11 is 2.79. The van der Waals surface area contributed by atoms with E-state index in [2.05, 4.69) is 33.0 Å². The number of nitrogens with zero attached hydrogens (tertiary/aromatic N) is 2. The van der Waals surface area contributed by atoms with Gasteiger partial charge in [0.05, 0.1) is 5.25 Å². The van der Waals surface area contributed by atoms with Gasteiger partial charge in [0, 0.05) is 17.8 Å². The van der Waals surface area contributed by atoms with E-state index in [0.717, 1.165) is 22.4 Å². The van der Waals surface area contributed by atoms with Gasteiger partial charge in [0.25, 0.3) is 0 Å². The number of hydrogen-bond acceptors (Lipinski definition) is 7. The Bertz CT molecular complexity index is 976. The SMILES string of the molecule is CC(=O)c1cccc(NC(=O)C(C)Sc2nnc(NCCc3ccccc3)s2)c1. The molecule has 150 valence electrons. The molecule has 0 radical (unpaired) electrons. The molecular weight excluding hydrogens is 404 g/mol. The van der Waals surface area contributed by atoms with Crippen molar-refractivity contribution in [3.05, 3.63) is 65.7 Å². The maximum Gasteiger partial charge on any atom is 0.237 e. The monoisotopic (exact) mass is 426 g/mol. The van der Waals surface area contributed by atoms with Gasteiger partial charge in [-0.15, -0.1) is 10.2 Å². The van der Waals surface area contributed by atoms with Gasteiger partial charge in [-0.1, -0.05) is 65.6 Å². The number of nitrogens with one attached hydrogen (secondary N) is 2. The lowest BCUT2D eigenvalue weighted by Crippen LogP contribution is -2.22. The van der Waals surface area contributed by atoms with Gasteiger partial charge in [-0.3, -0.25) is 9.59 Å². The maximum absolute atomic E-state index is 12.5. The van der Waals surface area contributed by atoms with Crippen LogP contribution in [-0.2, 0) is 11.2 Å². The Hall–Kier alpha value is -2.71. The predicted octanol–water partition coefficient (Wildman–Crippen LogP) is 4.51. The lowest BCUT2D eigenvalue weighted by molar-refractivity contribution is -0.115. The predicted molar refractivity (Wildman–Crippen MR) is 119 cm³/mol. The van der Waals surface area contributed by atoms with E-state index in [0.29, 0.717) is 11.3 Å². The first kappa shape index (κ1) is 21.0. The smallest absolute Gasteiger partial charge is 0.237 e. The Labute approximate surface area is 178 Å². The van der Waals surface area contributed by atoms with Crippen molar-refractivity contribution in [1.82, 2.24) is 10.2 Å². The summed E-state index contributed by atoms with van der Waals surface area (Å²) in [6, 6.07) is 17.2. The highest BCUT2D eigenvalue weighted by Gasteiger charge is 2.17. The first-order valence-electron chi connectivity index (χ1n) is 9.21. The summed E-state index contributed by atoms with van der Waals surface area (Å²) in [5.74, 6) is -0.186. The maximum atomic E-state index is 12.5. The minimum Gasteiger partial charge on any atom is -0.360 e. The molecule has 29 heavy (non-hydrogen) atoms. The number of hydrogen-bond donors (Lipinski definition) is 2. The van der Waals surface area contributed by atoms with Crippen molar-refractivity contribution in [1.29, 1.82) is 0 Å². The molecule has 3 aromatic rings. The molecule has 0 aliphatic heterocycles. The summed E-state index contributed by atoms with van der Waals surface area (Å²) in [6.07, 6.45) is 0.904. The second-order valence-electron chi connectivity index (χ2n) is 6.42. The van der Waals surface area contributed by atoms with E-state index in [1.165, 1.54) is 35.6 Å². The summed E-state index contributed by atoms with van der Waals surface area (Å²) in [6.45, 7) is 4.09. The molecule has 1 atom stereocenters. The molecule has 0 bridgehead atoms. The fraction of sp³-hybridized carbons (Fsp3) is 0.238. The fourth-order valence-corrected chi connectivity index (χ4v) is 4.47. The number of carbonyl (C=O) groups excluding carboxylic acids is 2. The number of Topliss-reactive ketones (excluding diaryl/α,β-unsaturated/α-hetero) is 1. The molecule has 2 aromatic carbocycles. The topological polar surface area (TPSA) is 84.0 Å². The number of amides is 1. The zero-order chi connectivity index (χ0) is 20.6. The standard InChI is InChI=1S/C21H22N4O2S2/c1-14(26)17-9-6-10-18(13-17)23-19(27)15(2)28-21-25-24-20(29-21)22-12-11-16-7-4-3-5-8-16/h3-10,13,15H,11-12H2,1-2H3,(H,22,24)(H,23,27). The Balaban J connectivity index is 1.49. The third-order valence-electron chi connectivity index (χ3n) is 4.12. The quantitative estimate of drug-likeness (QED) is 0.387. The highest BCUT2D eigenvalue weighted by molar-refractivity contribution is 8.02. The van der Waals surface area contributed by atoms with Gasteiger partial charge in [0.15, 0.2) is 10.1 Å². The van der Waals surface area contributed by atoms with Crippen LogP contribution in [0.15, 0.2) is 58.9 Å². The molecule has 3 rings (SSSR count). The van der Waals surface area contributed by atoms with Gasteiger partial charge >= 0.3 is 0 Å². The van der Waals surface area contributed by atoms with Crippen molar-refractivity contribution in [2.45, 2.75) is 29.9 Å². The molecule has 1 heterocycles. The molecule has 0 saturated carbocycles. The van der Waals surface area contributed by atoms with Gasteiger partial charge < -0.3 is 10.6 Å². The molecule has 0 spiro atoms. The van der Waals surface area contributed by atoms with Gasteiger partial charge in [0.1, 0.15) is 0 Å². The van der Waals surface area contributed by atoms with Gasteiger partial charge in [-0.2, -0.15) is 0 Å². The summed E-state index contributed by atoms with van der Waals surface area (Å²) in [7, 11) is 0. The average Bonchev–Trinajstić information content (AvgIpc) is 3.16. The number of thioether (sulfide) groups is 1. The van der Waals surface area contributed by atoms with Crippen molar-refractivity contribution >= 4 is 45.6 Å². The molecule has 8 heteroatoms. The largest absolute Gasteiger partial charge is 0.360 e. The Morgan fingerprint density at radius 3 is 2.66 bits per heavy atom. The third-order valence-corrected chi connectivity index (χ3v) is 6.19. The molecule has 2 N–H and O–H groups in total. The molecule has 0 aliphatic carbocycles. The summed E-state index contributed by atoms with van der Waals surface area (Å²) in [5, 5.41) is 14.8. The first-order chi connectivity index (χ1) is 14.0. The molecule has 6 nitrogen and oxygen atoms in total. The van der Waals surface area contributed by atoms with Crippen LogP contribution in [0.5, 0.6) is 0 Å². The second kappa shape index (κ2) is 10.2. The van der Waals surface area contributed by atoms with E-state index >= 15 is 0 Å². The number of rotatable bonds is 9. The van der Waals surface area contributed by atoms with Crippen molar-refractivity contribution in [2.24, 2.45) is 0 Å².